The summed E-state index contributed by atoms with van der Waals surface area (Å²) in [7, 11) is 0. The predicted octanol–water partition coefficient (Wildman–Crippen LogP) is 3.14. The van der Waals surface area contributed by atoms with Crippen molar-refractivity contribution < 1.29 is 0 Å². The molecule has 1 aromatic carbocycles. The van der Waals surface area contributed by atoms with Gasteiger partial charge in [0.1, 0.15) is 6.07 Å². The second kappa shape index (κ2) is 5.86. The Bertz CT molecular complexity index is 662. The molecule has 5 nitrogen and oxygen atoms in total. The van der Waals surface area contributed by atoms with Gasteiger partial charge >= 0.3 is 0 Å². The van der Waals surface area contributed by atoms with E-state index in [1.165, 1.54) is 0 Å². The Kier molecular flexibility index (Phi) is 3.93. The van der Waals surface area contributed by atoms with E-state index in [2.05, 4.69) is 44.0 Å². The van der Waals surface area contributed by atoms with Gasteiger partial charge in [0.15, 0.2) is 5.82 Å². The second-order valence-electron chi connectivity index (χ2n) is 5.42. The number of benzene rings is 1. The molecule has 1 aliphatic heterocycles. The quantitative estimate of drug-likeness (QED) is 0.838. The van der Waals surface area contributed by atoms with Crippen LogP contribution in [0.15, 0.2) is 28.7 Å². The molecule has 0 amide bonds. The summed E-state index contributed by atoms with van der Waals surface area (Å²) in [5, 5.41) is 18.1. The highest BCUT2D eigenvalue weighted by atomic mass is 79.9. The molecule has 0 spiro atoms. The largest absolute Gasteiger partial charge is 0.353 e. The summed E-state index contributed by atoms with van der Waals surface area (Å²) in [6, 6.07) is 9.88. The minimum absolute atomic E-state index is 0.396. The number of rotatable bonds is 2. The van der Waals surface area contributed by atoms with Gasteiger partial charge in [0, 0.05) is 17.6 Å². The second-order valence-corrected chi connectivity index (χ2v) is 6.34. The van der Waals surface area contributed by atoms with Crippen molar-refractivity contribution in [3.8, 4) is 11.8 Å². The highest BCUT2D eigenvalue weighted by Crippen LogP contribution is 2.24. The summed E-state index contributed by atoms with van der Waals surface area (Å²) in [5.41, 5.74) is 1.25. The molecular weight excluding hydrogens is 330 g/mol. The molecule has 0 saturated carbocycles. The number of halogens is 1. The smallest absolute Gasteiger partial charge is 0.207 e. The first-order chi connectivity index (χ1) is 10.2. The standard InChI is InChI=1S/C15H16BrN5/c1-11-6-8-20(9-7-11)15-14(10-17)18-21(19-15)13-4-2-12(16)3-5-13/h2-5,11H,6-9H2,1H3. The highest BCUT2D eigenvalue weighted by Gasteiger charge is 2.22. The van der Waals surface area contributed by atoms with Crippen LogP contribution in [-0.2, 0) is 0 Å². The minimum Gasteiger partial charge on any atom is -0.353 e. The summed E-state index contributed by atoms with van der Waals surface area (Å²) in [6.07, 6.45) is 2.27. The molecule has 1 aromatic heterocycles. The van der Waals surface area contributed by atoms with Crippen molar-refractivity contribution in [3.05, 3.63) is 34.4 Å². The fourth-order valence-electron chi connectivity index (χ4n) is 2.49. The van der Waals surface area contributed by atoms with Gasteiger partial charge in [-0.2, -0.15) is 5.26 Å². The van der Waals surface area contributed by atoms with Gasteiger partial charge < -0.3 is 4.90 Å². The molecule has 0 bridgehead atoms. The van der Waals surface area contributed by atoms with Crippen LogP contribution >= 0.6 is 15.9 Å². The van der Waals surface area contributed by atoms with E-state index >= 15 is 0 Å². The molecule has 1 fully saturated rings. The zero-order valence-corrected chi connectivity index (χ0v) is 13.4. The Labute approximate surface area is 132 Å². The van der Waals surface area contributed by atoms with Crippen LogP contribution < -0.4 is 4.90 Å². The Balaban J connectivity index is 1.91. The number of aromatic nitrogens is 3. The Morgan fingerprint density at radius 3 is 2.48 bits per heavy atom. The maximum absolute atomic E-state index is 9.31. The van der Waals surface area contributed by atoms with Gasteiger partial charge in [0.2, 0.25) is 5.69 Å². The molecule has 0 N–H and O–H groups in total. The molecule has 0 radical (unpaired) electrons. The lowest BCUT2D eigenvalue weighted by atomic mass is 9.99. The number of hydrogen-bond donors (Lipinski definition) is 0. The van der Waals surface area contributed by atoms with Crippen molar-refractivity contribution in [2.75, 3.05) is 18.0 Å². The van der Waals surface area contributed by atoms with Crippen LogP contribution in [0.25, 0.3) is 5.69 Å². The fraction of sp³-hybridized carbons (Fsp3) is 0.400. The van der Waals surface area contributed by atoms with Crippen molar-refractivity contribution in [3.63, 3.8) is 0 Å². The van der Waals surface area contributed by atoms with E-state index in [1.54, 1.807) is 4.80 Å². The lowest BCUT2D eigenvalue weighted by Gasteiger charge is -2.30. The van der Waals surface area contributed by atoms with Gasteiger partial charge in [0.05, 0.1) is 5.69 Å². The molecular formula is C15H16BrN5. The number of piperidine rings is 1. The molecule has 2 aromatic rings. The van der Waals surface area contributed by atoms with Crippen molar-refractivity contribution in [1.82, 2.24) is 15.0 Å². The zero-order chi connectivity index (χ0) is 14.8. The molecule has 6 heteroatoms. The summed E-state index contributed by atoms with van der Waals surface area (Å²) in [5.74, 6) is 1.45. The Morgan fingerprint density at radius 2 is 1.86 bits per heavy atom. The van der Waals surface area contributed by atoms with E-state index < -0.39 is 0 Å². The van der Waals surface area contributed by atoms with Gasteiger partial charge in [-0.05, 0) is 43.0 Å². The summed E-state index contributed by atoms with van der Waals surface area (Å²) >= 11 is 3.41. The normalized spacial score (nSPS) is 16.0. The predicted molar refractivity (Wildman–Crippen MR) is 84.4 cm³/mol. The maximum Gasteiger partial charge on any atom is 0.207 e. The molecule has 0 atom stereocenters. The summed E-state index contributed by atoms with van der Waals surface area (Å²) in [4.78, 5) is 3.71. The number of anilines is 1. The van der Waals surface area contributed by atoms with Gasteiger partial charge in [-0.1, -0.05) is 22.9 Å². The molecule has 3 rings (SSSR count). The van der Waals surface area contributed by atoms with Crippen LogP contribution in [0.1, 0.15) is 25.5 Å². The third-order valence-corrected chi connectivity index (χ3v) is 4.37. The first-order valence-corrected chi connectivity index (χ1v) is 7.85. The van der Waals surface area contributed by atoms with Crippen molar-refractivity contribution in [2.45, 2.75) is 19.8 Å². The van der Waals surface area contributed by atoms with Crippen molar-refractivity contribution >= 4 is 21.7 Å². The third kappa shape index (κ3) is 2.93. The van der Waals surface area contributed by atoms with Crippen LogP contribution in [0.5, 0.6) is 0 Å². The first-order valence-electron chi connectivity index (χ1n) is 7.05. The van der Waals surface area contributed by atoms with Gasteiger partial charge in [-0.25, -0.2) is 0 Å². The average molecular weight is 346 g/mol. The van der Waals surface area contributed by atoms with Crippen LogP contribution in [0, 0.1) is 17.2 Å². The van der Waals surface area contributed by atoms with Gasteiger partial charge in [0.25, 0.3) is 0 Å². The number of nitriles is 1. The SMILES string of the molecule is CC1CCN(c2nn(-c3ccc(Br)cc3)nc2C#N)CC1. The third-order valence-electron chi connectivity index (χ3n) is 3.84. The molecule has 0 unspecified atom stereocenters. The number of hydrogen-bond acceptors (Lipinski definition) is 4. The molecule has 108 valence electrons. The Hall–Kier alpha value is -1.87. The van der Waals surface area contributed by atoms with E-state index in [4.69, 9.17) is 0 Å². The molecule has 21 heavy (non-hydrogen) atoms. The minimum atomic E-state index is 0.396. The first kappa shape index (κ1) is 14.1. The van der Waals surface area contributed by atoms with Crippen molar-refractivity contribution in [2.24, 2.45) is 5.92 Å². The van der Waals surface area contributed by atoms with Crippen LogP contribution in [0.2, 0.25) is 0 Å². The van der Waals surface area contributed by atoms with E-state index in [9.17, 15) is 5.26 Å². The lowest BCUT2D eigenvalue weighted by molar-refractivity contribution is 0.436. The molecule has 2 heterocycles. The maximum atomic E-state index is 9.31. The monoisotopic (exact) mass is 345 g/mol. The van der Waals surface area contributed by atoms with Crippen LogP contribution in [-0.4, -0.2) is 28.1 Å². The highest BCUT2D eigenvalue weighted by molar-refractivity contribution is 9.10. The van der Waals surface area contributed by atoms with E-state index in [1.807, 2.05) is 24.3 Å². The molecule has 0 aliphatic carbocycles. The summed E-state index contributed by atoms with van der Waals surface area (Å²) < 4.78 is 1.00. The average Bonchev–Trinajstić information content (AvgIpc) is 2.93. The summed E-state index contributed by atoms with van der Waals surface area (Å²) in [6.45, 7) is 4.14. The fourth-order valence-corrected chi connectivity index (χ4v) is 2.76. The van der Waals surface area contributed by atoms with Gasteiger partial charge in [-0.15, -0.1) is 15.0 Å². The zero-order valence-electron chi connectivity index (χ0n) is 11.8. The van der Waals surface area contributed by atoms with Gasteiger partial charge in [-0.3, -0.25) is 0 Å². The topological polar surface area (TPSA) is 57.7 Å². The lowest BCUT2D eigenvalue weighted by Crippen LogP contribution is -2.33. The van der Waals surface area contributed by atoms with E-state index in [0.717, 1.165) is 42.0 Å². The number of nitrogens with zero attached hydrogens (tertiary/aromatic N) is 5. The van der Waals surface area contributed by atoms with E-state index in [0.29, 0.717) is 11.5 Å². The molecule has 1 saturated heterocycles. The van der Waals surface area contributed by atoms with Crippen LogP contribution in [0.4, 0.5) is 5.82 Å². The van der Waals surface area contributed by atoms with Crippen molar-refractivity contribution in [1.29, 1.82) is 5.26 Å². The van der Waals surface area contributed by atoms with Crippen LogP contribution in [0.3, 0.4) is 0 Å². The van der Waals surface area contributed by atoms with E-state index in [-0.39, 0.29) is 0 Å². The molecule has 1 aliphatic rings. The Morgan fingerprint density at radius 1 is 1.19 bits per heavy atom.